The van der Waals surface area contributed by atoms with Crippen LogP contribution in [0.3, 0.4) is 0 Å². The first-order valence-electron chi connectivity index (χ1n) is 9.57. The van der Waals surface area contributed by atoms with E-state index in [-0.39, 0.29) is 0 Å². The number of piperidine rings is 1. The van der Waals surface area contributed by atoms with E-state index in [9.17, 15) is 0 Å². The smallest absolute Gasteiger partial charge is 0.119 e. The van der Waals surface area contributed by atoms with E-state index in [4.69, 9.17) is 10.5 Å². The average molecular weight is 374 g/mol. The number of hydrogen-bond donors (Lipinski definition) is 1. The molecule has 2 N–H and O–H groups in total. The van der Waals surface area contributed by atoms with E-state index in [1.54, 1.807) is 18.4 Å². The fourth-order valence-corrected chi connectivity index (χ4v) is 4.51. The number of rotatable bonds is 8. The van der Waals surface area contributed by atoms with E-state index >= 15 is 0 Å². The van der Waals surface area contributed by atoms with Crippen LogP contribution in [0, 0.1) is 0 Å². The van der Waals surface area contributed by atoms with Gasteiger partial charge < -0.3 is 20.3 Å². The number of nitrogens with zero attached hydrogens (tertiary/aromatic N) is 2. The molecule has 1 aliphatic rings. The van der Waals surface area contributed by atoms with Crippen LogP contribution in [0.2, 0.25) is 0 Å². The van der Waals surface area contributed by atoms with Gasteiger partial charge in [-0.3, -0.25) is 0 Å². The zero-order valence-corrected chi connectivity index (χ0v) is 16.8. The van der Waals surface area contributed by atoms with E-state index < -0.39 is 0 Å². The molecule has 1 aliphatic heterocycles. The van der Waals surface area contributed by atoms with Crippen LogP contribution >= 0.6 is 11.3 Å². The van der Waals surface area contributed by atoms with Crippen LogP contribution in [0.5, 0.6) is 5.75 Å². The molecular weight excluding hydrogens is 342 g/mol. The highest BCUT2D eigenvalue weighted by molar-refractivity contribution is 7.07. The van der Waals surface area contributed by atoms with Gasteiger partial charge in [0.05, 0.1) is 7.11 Å². The SMILES string of the molecule is COc1ccc(N(Cc2ccsc2)C2CCN(C(C)CCN)CC2)cc1. The van der Waals surface area contributed by atoms with Crippen molar-refractivity contribution in [3.8, 4) is 5.75 Å². The lowest BCUT2D eigenvalue weighted by molar-refractivity contribution is 0.154. The van der Waals surface area contributed by atoms with Crippen molar-refractivity contribution in [3.05, 3.63) is 46.7 Å². The molecule has 1 aromatic heterocycles. The standard InChI is InChI=1S/C21H31N3OS/c1-17(7-11-22)23-12-8-20(9-13-23)24(15-18-10-14-26-16-18)19-3-5-21(25-2)6-4-19/h3-6,10,14,16-17,20H,7-9,11-13,15,22H2,1-2H3. The second-order valence-corrected chi connectivity index (χ2v) is 7.93. The maximum Gasteiger partial charge on any atom is 0.119 e. The average Bonchev–Trinajstić information content (AvgIpc) is 3.20. The fraction of sp³-hybridized carbons (Fsp3) is 0.524. The molecule has 2 aromatic rings. The van der Waals surface area contributed by atoms with E-state index in [2.05, 4.69) is 57.8 Å². The Balaban J connectivity index is 1.71. The van der Waals surface area contributed by atoms with Crippen molar-refractivity contribution in [1.29, 1.82) is 0 Å². The molecule has 1 fully saturated rings. The van der Waals surface area contributed by atoms with E-state index in [1.807, 2.05) is 0 Å². The molecule has 1 unspecified atom stereocenters. The molecule has 0 radical (unpaired) electrons. The minimum atomic E-state index is 0.574. The summed E-state index contributed by atoms with van der Waals surface area (Å²) >= 11 is 1.77. The highest BCUT2D eigenvalue weighted by atomic mass is 32.1. The number of benzene rings is 1. The highest BCUT2D eigenvalue weighted by Gasteiger charge is 2.27. The Morgan fingerprint density at radius 1 is 1.23 bits per heavy atom. The summed E-state index contributed by atoms with van der Waals surface area (Å²) in [5.74, 6) is 0.912. The summed E-state index contributed by atoms with van der Waals surface area (Å²) in [5, 5.41) is 4.42. The van der Waals surface area contributed by atoms with Gasteiger partial charge in [0.25, 0.3) is 0 Å². The van der Waals surface area contributed by atoms with Gasteiger partial charge in [0, 0.05) is 37.4 Å². The lowest BCUT2D eigenvalue weighted by atomic mass is 9.99. The van der Waals surface area contributed by atoms with Gasteiger partial charge in [0.1, 0.15) is 5.75 Å². The van der Waals surface area contributed by atoms with E-state index in [0.29, 0.717) is 12.1 Å². The summed E-state index contributed by atoms with van der Waals surface area (Å²) < 4.78 is 5.33. The number of methoxy groups -OCH3 is 1. The van der Waals surface area contributed by atoms with Crippen LogP contribution in [-0.2, 0) is 6.54 Å². The summed E-state index contributed by atoms with van der Waals surface area (Å²) in [6.45, 7) is 6.36. The maximum absolute atomic E-state index is 5.74. The van der Waals surface area contributed by atoms with Gasteiger partial charge in [-0.25, -0.2) is 0 Å². The van der Waals surface area contributed by atoms with Crippen molar-refractivity contribution < 1.29 is 4.74 Å². The van der Waals surface area contributed by atoms with Crippen molar-refractivity contribution in [1.82, 2.24) is 4.90 Å². The Labute approximate surface area is 161 Å². The molecule has 26 heavy (non-hydrogen) atoms. The normalized spacial score (nSPS) is 17.2. The highest BCUT2D eigenvalue weighted by Crippen LogP contribution is 2.28. The predicted molar refractivity (Wildman–Crippen MR) is 111 cm³/mol. The van der Waals surface area contributed by atoms with Crippen LogP contribution in [0.25, 0.3) is 0 Å². The monoisotopic (exact) mass is 373 g/mol. The Hall–Kier alpha value is -1.56. The Bertz CT molecular complexity index is 636. The van der Waals surface area contributed by atoms with Crippen molar-refractivity contribution >= 4 is 17.0 Å². The third kappa shape index (κ3) is 4.78. The molecule has 3 rings (SSSR count). The van der Waals surface area contributed by atoms with Crippen molar-refractivity contribution in [2.24, 2.45) is 5.73 Å². The summed E-state index contributed by atoms with van der Waals surface area (Å²) in [6, 6.07) is 11.9. The van der Waals surface area contributed by atoms with Crippen molar-refractivity contribution in [2.45, 2.75) is 44.8 Å². The van der Waals surface area contributed by atoms with E-state index in [1.165, 1.54) is 24.1 Å². The first-order chi connectivity index (χ1) is 12.7. The van der Waals surface area contributed by atoms with Gasteiger partial charge in [-0.1, -0.05) is 0 Å². The van der Waals surface area contributed by atoms with Gasteiger partial charge in [0.15, 0.2) is 0 Å². The second-order valence-electron chi connectivity index (χ2n) is 7.15. The lowest BCUT2D eigenvalue weighted by Gasteiger charge is -2.41. The minimum absolute atomic E-state index is 0.574. The van der Waals surface area contributed by atoms with Gasteiger partial charge >= 0.3 is 0 Å². The summed E-state index contributed by atoms with van der Waals surface area (Å²) in [4.78, 5) is 5.17. The minimum Gasteiger partial charge on any atom is -0.497 e. The number of hydrogen-bond acceptors (Lipinski definition) is 5. The van der Waals surface area contributed by atoms with Gasteiger partial charge in [-0.05, 0) is 79.4 Å². The molecule has 0 spiro atoms. The summed E-state index contributed by atoms with van der Waals surface area (Å²) in [6.07, 6.45) is 3.48. The molecule has 2 heterocycles. The maximum atomic E-state index is 5.74. The number of thiophene rings is 1. The first kappa shape index (κ1) is 19.2. The third-order valence-corrected chi connectivity index (χ3v) is 6.22. The summed E-state index contributed by atoms with van der Waals surface area (Å²) in [5.41, 5.74) is 8.42. The molecular formula is C21H31N3OS. The topological polar surface area (TPSA) is 41.7 Å². The van der Waals surface area contributed by atoms with Gasteiger partial charge in [-0.2, -0.15) is 11.3 Å². The van der Waals surface area contributed by atoms with E-state index in [0.717, 1.165) is 38.3 Å². The number of nitrogens with two attached hydrogens (primary N) is 1. The fourth-order valence-electron chi connectivity index (χ4n) is 3.85. The molecule has 0 saturated carbocycles. The van der Waals surface area contributed by atoms with Crippen LogP contribution in [0.15, 0.2) is 41.1 Å². The number of anilines is 1. The largest absolute Gasteiger partial charge is 0.497 e. The Morgan fingerprint density at radius 2 is 1.96 bits per heavy atom. The number of ether oxygens (including phenoxy) is 1. The molecule has 0 amide bonds. The molecule has 142 valence electrons. The van der Waals surface area contributed by atoms with Crippen LogP contribution < -0.4 is 15.4 Å². The predicted octanol–water partition coefficient (Wildman–Crippen LogP) is 3.97. The zero-order valence-electron chi connectivity index (χ0n) is 15.9. The van der Waals surface area contributed by atoms with Crippen LogP contribution in [0.4, 0.5) is 5.69 Å². The molecule has 1 saturated heterocycles. The van der Waals surface area contributed by atoms with Crippen LogP contribution in [-0.4, -0.2) is 43.7 Å². The zero-order chi connectivity index (χ0) is 18.4. The van der Waals surface area contributed by atoms with Gasteiger partial charge in [0.2, 0.25) is 0 Å². The van der Waals surface area contributed by atoms with Crippen molar-refractivity contribution in [3.63, 3.8) is 0 Å². The van der Waals surface area contributed by atoms with Gasteiger partial charge in [-0.15, -0.1) is 0 Å². The van der Waals surface area contributed by atoms with Crippen molar-refractivity contribution in [2.75, 3.05) is 31.6 Å². The molecule has 0 aliphatic carbocycles. The number of likely N-dealkylation sites (tertiary alicyclic amines) is 1. The Morgan fingerprint density at radius 3 is 2.54 bits per heavy atom. The quantitative estimate of drug-likeness (QED) is 0.760. The first-order valence-corrected chi connectivity index (χ1v) is 10.5. The molecule has 1 atom stereocenters. The molecule has 5 heteroatoms. The molecule has 4 nitrogen and oxygen atoms in total. The second kappa shape index (κ2) is 9.40. The molecule has 1 aromatic carbocycles. The van der Waals surface area contributed by atoms with Crippen LogP contribution in [0.1, 0.15) is 31.7 Å². The Kier molecular flexibility index (Phi) is 6.94. The third-order valence-electron chi connectivity index (χ3n) is 5.48. The molecule has 0 bridgehead atoms. The summed E-state index contributed by atoms with van der Waals surface area (Å²) in [7, 11) is 1.72. The lowest BCUT2D eigenvalue weighted by Crippen LogP contribution is -2.47.